The third-order valence-corrected chi connectivity index (χ3v) is 4.60. The van der Waals surface area contributed by atoms with Crippen molar-refractivity contribution >= 4 is 5.97 Å². The maximum atomic E-state index is 11.5. The van der Waals surface area contributed by atoms with Crippen LogP contribution < -0.4 is 0 Å². The minimum Gasteiger partial charge on any atom is -0.459 e. The lowest BCUT2D eigenvalue weighted by atomic mass is 9.67. The third-order valence-electron chi connectivity index (χ3n) is 4.60. The van der Waals surface area contributed by atoms with Gasteiger partial charge in [-0.2, -0.15) is 0 Å². The van der Waals surface area contributed by atoms with Crippen LogP contribution in [0, 0.1) is 5.41 Å². The number of ether oxygens (including phenoxy) is 1. The van der Waals surface area contributed by atoms with Gasteiger partial charge in [-0.1, -0.05) is 38.7 Å². The minimum absolute atomic E-state index is 0.153. The van der Waals surface area contributed by atoms with Gasteiger partial charge in [0.2, 0.25) is 0 Å². The Kier molecular flexibility index (Phi) is 4.25. The number of hydrogen-bond acceptors (Lipinski definition) is 2. The van der Waals surface area contributed by atoms with Crippen molar-refractivity contribution in [1.29, 1.82) is 0 Å². The van der Waals surface area contributed by atoms with Crippen LogP contribution in [0.4, 0.5) is 0 Å². The topological polar surface area (TPSA) is 26.3 Å². The van der Waals surface area contributed by atoms with E-state index in [1.54, 1.807) is 0 Å². The largest absolute Gasteiger partial charge is 0.459 e. The Bertz CT molecular complexity index is 275. The molecule has 1 atom stereocenters. The maximum absolute atomic E-state index is 11.5. The van der Waals surface area contributed by atoms with Crippen molar-refractivity contribution in [2.45, 2.75) is 70.3 Å². The van der Waals surface area contributed by atoms with Gasteiger partial charge in [-0.25, -0.2) is 4.79 Å². The lowest BCUT2D eigenvalue weighted by molar-refractivity contribution is -0.154. The molecule has 0 aromatic carbocycles. The molecule has 0 aromatic rings. The fourth-order valence-corrected chi connectivity index (χ4v) is 3.65. The fourth-order valence-electron chi connectivity index (χ4n) is 3.65. The molecule has 0 amide bonds. The summed E-state index contributed by atoms with van der Waals surface area (Å²) in [5.41, 5.74) is 0.299. The second-order valence-corrected chi connectivity index (χ2v) is 5.65. The van der Waals surface area contributed by atoms with Crippen molar-refractivity contribution < 1.29 is 9.53 Å². The zero-order valence-electron chi connectivity index (χ0n) is 10.7. The highest BCUT2D eigenvalue weighted by Crippen LogP contribution is 2.47. The van der Waals surface area contributed by atoms with Crippen LogP contribution in [0.3, 0.4) is 0 Å². The van der Waals surface area contributed by atoms with E-state index in [9.17, 15) is 4.79 Å². The van der Waals surface area contributed by atoms with Gasteiger partial charge in [0.25, 0.3) is 0 Å². The summed E-state index contributed by atoms with van der Waals surface area (Å²) in [5.74, 6) is -0.236. The molecule has 2 fully saturated rings. The molecular formula is C15H24O2. The average Bonchev–Trinajstić information content (AvgIpc) is 2.58. The molecule has 0 aliphatic heterocycles. The lowest BCUT2D eigenvalue weighted by Gasteiger charge is -2.43. The van der Waals surface area contributed by atoms with Crippen molar-refractivity contribution in [3.63, 3.8) is 0 Å². The first-order valence-corrected chi connectivity index (χ1v) is 7.10. The van der Waals surface area contributed by atoms with Gasteiger partial charge in [-0.05, 0) is 32.1 Å². The summed E-state index contributed by atoms with van der Waals surface area (Å²) in [6.07, 6.45) is 14.1. The second-order valence-electron chi connectivity index (χ2n) is 5.65. The Hall–Kier alpha value is -0.790. The van der Waals surface area contributed by atoms with Gasteiger partial charge >= 0.3 is 5.97 Å². The van der Waals surface area contributed by atoms with Crippen LogP contribution in [0.2, 0.25) is 0 Å². The molecule has 0 saturated heterocycles. The van der Waals surface area contributed by atoms with E-state index in [1.165, 1.54) is 63.9 Å². The van der Waals surface area contributed by atoms with E-state index in [2.05, 4.69) is 6.58 Å². The van der Waals surface area contributed by atoms with Crippen LogP contribution in [0.5, 0.6) is 0 Å². The van der Waals surface area contributed by atoms with E-state index in [0.29, 0.717) is 5.41 Å². The minimum atomic E-state index is -0.236. The number of carbonyl (C=O) groups excluding carboxylic acids is 1. The first kappa shape index (κ1) is 12.7. The van der Waals surface area contributed by atoms with Crippen LogP contribution in [0.25, 0.3) is 0 Å². The number of carbonyl (C=O) groups is 1. The van der Waals surface area contributed by atoms with E-state index in [-0.39, 0.29) is 12.1 Å². The molecule has 0 radical (unpaired) electrons. The van der Waals surface area contributed by atoms with Crippen molar-refractivity contribution in [2.75, 3.05) is 0 Å². The summed E-state index contributed by atoms with van der Waals surface area (Å²) < 4.78 is 5.63. The zero-order chi connectivity index (χ0) is 12.1. The highest BCUT2D eigenvalue weighted by molar-refractivity contribution is 5.81. The Morgan fingerprint density at radius 1 is 1.06 bits per heavy atom. The van der Waals surface area contributed by atoms with Crippen LogP contribution in [0.1, 0.15) is 64.2 Å². The Balaban J connectivity index is 2.08. The standard InChI is InChI=1S/C15H24O2/c1-2-14(16)17-13-9-5-8-12-15(13)10-6-3-4-7-11-15/h2,13H,1,3-12H2. The van der Waals surface area contributed by atoms with Crippen molar-refractivity contribution in [3.05, 3.63) is 12.7 Å². The van der Waals surface area contributed by atoms with Crippen molar-refractivity contribution in [2.24, 2.45) is 5.41 Å². The molecule has 0 heterocycles. The average molecular weight is 236 g/mol. The second kappa shape index (κ2) is 5.70. The molecule has 0 bridgehead atoms. The van der Waals surface area contributed by atoms with E-state index < -0.39 is 0 Å². The Labute approximate surface area is 104 Å². The van der Waals surface area contributed by atoms with Gasteiger partial charge in [0.05, 0.1) is 0 Å². The van der Waals surface area contributed by atoms with Gasteiger partial charge in [0, 0.05) is 11.5 Å². The summed E-state index contributed by atoms with van der Waals surface area (Å²) in [5, 5.41) is 0. The third kappa shape index (κ3) is 2.91. The monoisotopic (exact) mass is 236 g/mol. The molecule has 0 N–H and O–H groups in total. The lowest BCUT2D eigenvalue weighted by Crippen LogP contribution is -2.40. The maximum Gasteiger partial charge on any atom is 0.330 e. The Morgan fingerprint density at radius 3 is 2.24 bits per heavy atom. The predicted molar refractivity (Wildman–Crippen MR) is 68.7 cm³/mol. The SMILES string of the molecule is C=CC(=O)OC1CCCCC12CCCCCC2. The van der Waals surface area contributed by atoms with Crippen LogP contribution in [0.15, 0.2) is 12.7 Å². The van der Waals surface area contributed by atoms with Crippen LogP contribution >= 0.6 is 0 Å². The smallest absolute Gasteiger partial charge is 0.330 e. The molecule has 2 rings (SSSR count). The number of rotatable bonds is 2. The van der Waals surface area contributed by atoms with Gasteiger partial charge in [0.15, 0.2) is 0 Å². The first-order valence-electron chi connectivity index (χ1n) is 7.10. The van der Waals surface area contributed by atoms with E-state index >= 15 is 0 Å². The summed E-state index contributed by atoms with van der Waals surface area (Å²) in [4.78, 5) is 11.5. The van der Waals surface area contributed by atoms with Crippen LogP contribution in [-0.4, -0.2) is 12.1 Å². The molecule has 2 heteroatoms. The molecule has 2 nitrogen and oxygen atoms in total. The molecule has 2 aliphatic carbocycles. The summed E-state index contributed by atoms with van der Waals surface area (Å²) in [7, 11) is 0. The van der Waals surface area contributed by atoms with Crippen LogP contribution in [-0.2, 0) is 9.53 Å². The number of hydrogen-bond donors (Lipinski definition) is 0. The van der Waals surface area contributed by atoms with Gasteiger partial charge in [0.1, 0.15) is 6.10 Å². The van der Waals surface area contributed by atoms with Crippen molar-refractivity contribution in [3.8, 4) is 0 Å². The molecule has 17 heavy (non-hydrogen) atoms. The quantitative estimate of drug-likeness (QED) is 0.535. The summed E-state index contributed by atoms with van der Waals surface area (Å²) in [6.45, 7) is 3.50. The molecule has 2 saturated carbocycles. The summed E-state index contributed by atoms with van der Waals surface area (Å²) in [6, 6.07) is 0. The normalized spacial score (nSPS) is 28.4. The molecule has 96 valence electrons. The highest BCUT2D eigenvalue weighted by Gasteiger charge is 2.42. The predicted octanol–water partition coefficient (Wildman–Crippen LogP) is 4.00. The Morgan fingerprint density at radius 2 is 1.65 bits per heavy atom. The highest BCUT2D eigenvalue weighted by atomic mass is 16.5. The molecular weight excluding hydrogens is 212 g/mol. The zero-order valence-corrected chi connectivity index (χ0v) is 10.7. The van der Waals surface area contributed by atoms with Crippen molar-refractivity contribution in [1.82, 2.24) is 0 Å². The molecule has 1 spiro atoms. The number of esters is 1. The summed E-state index contributed by atoms with van der Waals surface area (Å²) >= 11 is 0. The molecule has 0 aromatic heterocycles. The van der Waals surface area contributed by atoms with Gasteiger partial charge in [-0.15, -0.1) is 0 Å². The van der Waals surface area contributed by atoms with Gasteiger partial charge < -0.3 is 4.74 Å². The fraction of sp³-hybridized carbons (Fsp3) is 0.800. The molecule has 1 unspecified atom stereocenters. The van der Waals surface area contributed by atoms with E-state index in [0.717, 1.165) is 6.42 Å². The first-order chi connectivity index (χ1) is 8.27. The van der Waals surface area contributed by atoms with E-state index in [1.807, 2.05) is 0 Å². The van der Waals surface area contributed by atoms with E-state index in [4.69, 9.17) is 4.74 Å². The van der Waals surface area contributed by atoms with Gasteiger partial charge in [-0.3, -0.25) is 0 Å². The molecule has 2 aliphatic rings.